The molecule has 1 rings (SSSR count). The van der Waals surface area contributed by atoms with Crippen LogP contribution in [0.5, 0.6) is 0 Å². The largest absolute Gasteiger partial charge is 0.393 e. The number of ether oxygens (including phenoxy) is 1. The van der Waals surface area contributed by atoms with Crippen molar-refractivity contribution in [1.29, 1.82) is 0 Å². The number of hydrogen-bond donors (Lipinski definition) is 1. The summed E-state index contributed by atoms with van der Waals surface area (Å²) in [6.45, 7) is 5.68. The molecule has 0 spiro atoms. The van der Waals surface area contributed by atoms with Crippen LogP contribution in [-0.2, 0) is 4.74 Å². The molecule has 1 aliphatic rings. The molecule has 0 radical (unpaired) electrons. The van der Waals surface area contributed by atoms with Crippen molar-refractivity contribution < 1.29 is 9.84 Å². The Balaban J connectivity index is 2.57. The number of hydrogen-bond acceptors (Lipinski definition) is 2. The summed E-state index contributed by atoms with van der Waals surface area (Å²) in [5, 5.41) is 9.57. The van der Waals surface area contributed by atoms with Crippen LogP contribution in [0.2, 0.25) is 0 Å². The van der Waals surface area contributed by atoms with E-state index in [1.165, 1.54) is 0 Å². The highest BCUT2D eigenvalue weighted by Gasteiger charge is 2.35. The maximum Gasteiger partial charge on any atom is 0.0569 e. The molecular weight excluding hydrogens is 140 g/mol. The fraction of sp³-hybridized carbons (Fsp3) is 1.00. The first-order valence-electron chi connectivity index (χ1n) is 4.47. The third-order valence-electron chi connectivity index (χ3n) is 3.08. The van der Waals surface area contributed by atoms with Crippen LogP contribution in [0.4, 0.5) is 0 Å². The molecule has 0 amide bonds. The first-order valence-corrected chi connectivity index (χ1v) is 4.47. The molecule has 2 nitrogen and oxygen atoms in total. The second-order valence-electron chi connectivity index (χ2n) is 3.50. The zero-order chi connectivity index (χ0) is 8.32. The lowest BCUT2D eigenvalue weighted by molar-refractivity contribution is -0.0562. The van der Waals surface area contributed by atoms with Gasteiger partial charge in [-0.1, -0.05) is 6.92 Å². The Morgan fingerprint density at radius 1 is 1.45 bits per heavy atom. The van der Waals surface area contributed by atoms with Gasteiger partial charge in [-0.25, -0.2) is 0 Å². The fourth-order valence-electron chi connectivity index (χ4n) is 1.84. The topological polar surface area (TPSA) is 29.5 Å². The third kappa shape index (κ3) is 1.74. The van der Waals surface area contributed by atoms with Gasteiger partial charge in [0, 0.05) is 18.6 Å². The van der Waals surface area contributed by atoms with E-state index in [1.54, 1.807) is 0 Å². The van der Waals surface area contributed by atoms with Gasteiger partial charge < -0.3 is 9.84 Å². The van der Waals surface area contributed by atoms with Crippen molar-refractivity contribution in [3.63, 3.8) is 0 Å². The summed E-state index contributed by atoms with van der Waals surface area (Å²) in [5.74, 6) is 0. The van der Waals surface area contributed by atoms with E-state index in [4.69, 9.17) is 4.74 Å². The maximum atomic E-state index is 9.57. The van der Waals surface area contributed by atoms with Crippen LogP contribution in [0.15, 0.2) is 0 Å². The van der Waals surface area contributed by atoms with Gasteiger partial charge in [-0.05, 0) is 26.2 Å². The molecule has 0 aromatic rings. The monoisotopic (exact) mass is 158 g/mol. The fourth-order valence-corrected chi connectivity index (χ4v) is 1.84. The summed E-state index contributed by atoms with van der Waals surface area (Å²) in [6, 6.07) is 0. The van der Waals surface area contributed by atoms with Crippen LogP contribution in [0.1, 0.15) is 33.1 Å². The first-order chi connectivity index (χ1) is 5.21. The summed E-state index contributed by atoms with van der Waals surface area (Å²) in [4.78, 5) is 0. The molecule has 0 bridgehead atoms. The van der Waals surface area contributed by atoms with E-state index in [9.17, 15) is 5.11 Å². The minimum atomic E-state index is -0.184. The lowest BCUT2D eigenvalue weighted by atomic mass is 9.74. The Hall–Kier alpha value is -0.0800. The molecule has 2 heteroatoms. The van der Waals surface area contributed by atoms with E-state index < -0.39 is 0 Å². The molecule has 0 saturated carbocycles. The Morgan fingerprint density at radius 3 is 2.27 bits per heavy atom. The van der Waals surface area contributed by atoms with E-state index in [2.05, 4.69) is 6.92 Å². The molecule has 11 heavy (non-hydrogen) atoms. The lowest BCUT2D eigenvalue weighted by Gasteiger charge is -2.38. The van der Waals surface area contributed by atoms with Crippen molar-refractivity contribution in [3.8, 4) is 0 Å². The standard InChI is InChI=1S/C9H18O2/c1-3-9(8(2)10)4-6-11-7-5-9/h8,10H,3-7H2,1-2H3/t8-/m0/s1. The predicted molar refractivity (Wildman–Crippen MR) is 44.5 cm³/mol. The van der Waals surface area contributed by atoms with E-state index in [-0.39, 0.29) is 11.5 Å². The van der Waals surface area contributed by atoms with Crippen molar-refractivity contribution in [2.45, 2.75) is 39.2 Å². The second kappa shape index (κ2) is 3.55. The van der Waals surface area contributed by atoms with Crippen molar-refractivity contribution >= 4 is 0 Å². The highest BCUT2D eigenvalue weighted by molar-refractivity contribution is 4.84. The normalized spacial score (nSPS) is 26.5. The van der Waals surface area contributed by atoms with Gasteiger partial charge in [-0.15, -0.1) is 0 Å². The third-order valence-corrected chi connectivity index (χ3v) is 3.08. The molecule has 1 atom stereocenters. The number of aliphatic hydroxyl groups is 1. The SMILES string of the molecule is CCC1([C@H](C)O)CCOCC1. The van der Waals surface area contributed by atoms with E-state index in [1.807, 2.05) is 6.92 Å². The Morgan fingerprint density at radius 2 is 2.00 bits per heavy atom. The van der Waals surface area contributed by atoms with Crippen LogP contribution < -0.4 is 0 Å². The second-order valence-corrected chi connectivity index (χ2v) is 3.50. The van der Waals surface area contributed by atoms with Crippen LogP contribution >= 0.6 is 0 Å². The smallest absolute Gasteiger partial charge is 0.0569 e. The molecule has 66 valence electrons. The van der Waals surface area contributed by atoms with Gasteiger partial charge >= 0.3 is 0 Å². The summed E-state index contributed by atoms with van der Waals surface area (Å²) in [5.41, 5.74) is 0.151. The minimum absolute atomic E-state index is 0.151. The van der Waals surface area contributed by atoms with E-state index in [0.717, 1.165) is 32.5 Å². The molecule has 0 aliphatic carbocycles. The summed E-state index contributed by atoms with van der Waals surface area (Å²) >= 11 is 0. The van der Waals surface area contributed by atoms with Crippen molar-refractivity contribution in [1.82, 2.24) is 0 Å². The van der Waals surface area contributed by atoms with Gasteiger partial charge in [-0.2, -0.15) is 0 Å². The summed E-state index contributed by atoms with van der Waals surface area (Å²) in [6.07, 6.45) is 2.91. The van der Waals surface area contributed by atoms with Crippen LogP contribution in [-0.4, -0.2) is 24.4 Å². The van der Waals surface area contributed by atoms with Crippen molar-refractivity contribution in [2.75, 3.05) is 13.2 Å². The molecule has 1 heterocycles. The van der Waals surface area contributed by atoms with Crippen LogP contribution in [0, 0.1) is 5.41 Å². The average Bonchev–Trinajstić information content (AvgIpc) is 2.05. The van der Waals surface area contributed by atoms with Crippen molar-refractivity contribution in [2.24, 2.45) is 5.41 Å². The van der Waals surface area contributed by atoms with Crippen LogP contribution in [0.3, 0.4) is 0 Å². The first kappa shape index (κ1) is 9.01. The average molecular weight is 158 g/mol. The van der Waals surface area contributed by atoms with E-state index >= 15 is 0 Å². The van der Waals surface area contributed by atoms with Gasteiger partial charge in [0.05, 0.1) is 6.10 Å². The van der Waals surface area contributed by atoms with Gasteiger partial charge in [-0.3, -0.25) is 0 Å². The quantitative estimate of drug-likeness (QED) is 0.661. The summed E-state index contributed by atoms with van der Waals surface area (Å²) < 4.78 is 5.27. The molecule has 0 unspecified atom stereocenters. The molecule has 1 saturated heterocycles. The highest BCUT2D eigenvalue weighted by atomic mass is 16.5. The molecule has 1 aliphatic heterocycles. The molecular formula is C9H18O2. The zero-order valence-corrected chi connectivity index (χ0v) is 7.47. The minimum Gasteiger partial charge on any atom is -0.393 e. The van der Waals surface area contributed by atoms with Gasteiger partial charge in [0.1, 0.15) is 0 Å². The number of rotatable bonds is 2. The van der Waals surface area contributed by atoms with E-state index in [0.29, 0.717) is 0 Å². The predicted octanol–water partition coefficient (Wildman–Crippen LogP) is 1.57. The molecule has 1 N–H and O–H groups in total. The zero-order valence-electron chi connectivity index (χ0n) is 7.47. The number of aliphatic hydroxyl groups excluding tert-OH is 1. The highest BCUT2D eigenvalue weighted by Crippen LogP contribution is 2.37. The maximum absolute atomic E-state index is 9.57. The lowest BCUT2D eigenvalue weighted by Crippen LogP contribution is -2.38. The van der Waals surface area contributed by atoms with Crippen LogP contribution in [0.25, 0.3) is 0 Å². The van der Waals surface area contributed by atoms with Crippen molar-refractivity contribution in [3.05, 3.63) is 0 Å². The van der Waals surface area contributed by atoms with Gasteiger partial charge in [0.15, 0.2) is 0 Å². The molecule has 0 aromatic carbocycles. The Labute approximate surface area is 68.6 Å². The molecule has 1 fully saturated rings. The Kier molecular flexibility index (Phi) is 2.90. The molecule has 0 aromatic heterocycles. The summed E-state index contributed by atoms with van der Waals surface area (Å²) in [7, 11) is 0. The van der Waals surface area contributed by atoms with Gasteiger partial charge in [0.25, 0.3) is 0 Å². The Bertz CT molecular complexity index is 115. The van der Waals surface area contributed by atoms with Gasteiger partial charge in [0.2, 0.25) is 0 Å².